The number of amides is 1. The van der Waals surface area contributed by atoms with E-state index in [9.17, 15) is 4.79 Å². The van der Waals surface area contributed by atoms with Crippen molar-refractivity contribution in [2.75, 3.05) is 104 Å². The van der Waals surface area contributed by atoms with Crippen LogP contribution in [0.15, 0.2) is 24.3 Å². The van der Waals surface area contributed by atoms with E-state index in [0.717, 1.165) is 24.5 Å². The van der Waals surface area contributed by atoms with Crippen molar-refractivity contribution in [1.29, 1.82) is 0 Å². The van der Waals surface area contributed by atoms with Gasteiger partial charge in [0.25, 0.3) is 0 Å². The average molecular weight is 530 g/mol. The largest absolute Gasteiger partial charge is 0.491 e. The van der Waals surface area contributed by atoms with Crippen LogP contribution < -0.4 is 10.1 Å². The Kier molecular flexibility index (Phi) is 22.0. The van der Waals surface area contributed by atoms with Crippen molar-refractivity contribution < 1.29 is 42.7 Å². The van der Waals surface area contributed by atoms with Gasteiger partial charge in [0.05, 0.1) is 85.9 Å². The lowest BCUT2D eigenvalue weighted by Gasteiger charge is -2.10. The third-order valence-corrected chi connectivity index (χ3v) is 5.00. The van der Waals surface area contributed by atoms with Gasteiger partial charge in [0.15, 0.2) is 0 Å². The van der Waals surface area contributed by atoms with Gasteiger partial charge in [0, 0.05) is 19.2 Å². The lowest BCUT2D eigenvalue weighted by atomic mass is 10.1. The van der Waals surface area contributed by atoms with E-state index in [1.54, 1.807) is 24.3 Å². The number of benzene rings is 1. The summed E-state index contributed by atoms with van der Waals surface area (Å²) in [7, 11) is 0. The van der Waals surface area contributed by atoms with Gasteiger partial charge in [-0.1, -0.05) is 20.3 Å². The molecule has 10 heteroatoms. The van der Waals surface area contributed by atoms with Gasteiger partial charge in [0.1, 0.15) is 12.4 Å². The molecule has 214 valence electrons. The van der Waals surface area contributed by atoms with Gasteiger partial charge in [-0.25, -0.2) is 0 Å². The maximum Gasteiger partial charge on any atom is 0.221 e. The van der Waals surface area contributed by atoms with Crippen LogP contribution in [-0.4, -0.2) is 105 Å². The molecule has 1 aromatic rings. The summed E-state index contributed by atoms with van der Waals surface area (Å²) in [5.41, 5.74) is 0.737. The van der Waals surface area contributed by atoms with Gasteiger partial charge >= 0.3 is 0 Å². The number of hydrogen-bond donors (Lipinski definition) is 1. The van der Waals surface area contributed by atoms with E-state index in [4.69, 9.17) is 37.9 Å². The zero-order chi connectivity index (χ0) is 26.8. The van der Waals surface area contributed by atoms with Crippen molar-refractivity contribution in [2.24, 2.45) is 5.92 Å². The third-order valence-electron chi connectivity index (χ3n) is 5.00. The molecule has 0 aliphatic heterocycles. The number of nitrogens with one attached hydrogen (secondary N) is 1. The van der Waals surface area contributed by atoms with E-state index < -0.39 is 0 Å². The highest BCUT2D eigenvalue weighted by Gasteiger charge is 1.99. The van der Waals surface area contributed by atoms with Crippen LogP contribution in [0.4, 0.5) is 5.69 Å². The fraction of sp³-hybridized carbons (Fsp3) is 0.741. The number of carbonyl (C=O) groups excluding carboxylic acids is 1. The lowest BCUT2D eigenvalue weighted by Crippen LogP contribution is -2.15. The minimum atomic E-state index is -0.103. The minimum absolute atomic E-state index is 0.103. The highest BCUT2D eigenvalue weighted by Crippen LogP contribution is 2.15. The van der Waals surface area contributed by atoms with E-state index in [-0.39, 0.29) is 5.91 Å². The molecule has 0 aliphatic carbocycles. The molecule has 37 heavy (non-hydrogen) atoms. The molecule has 0 saturated carbocycles. The molecule has 0 fully saturated rings. The number of rotatable bonds is 26. The predicted octanol–water partition coefficient (Wildman–Crippen LogP) is 3.19. The van der Waals surface area contributed by atoms with Gasteiger partial charge in [-0.05, 0) is 30.2 Å². The van der Waals surface area contributed by atoms with Crippen molar-refractivity contribution in [3.63, 3.8) is 0 Å². The first kappa shape index (κ1) is 33.2. The zero-order valence-corrected chi connectivity index (χ0v) is 22.9. The number of carbonyl (C=O) groups is 1. The lowest BCUT2D eigenvalue weighted by molar-refractivity contribution is -0.114. The second-order valence-corrected chi connectivity index (χ2v) is 8.32. The molecule has 1 atom stereocenters. The Morgan fingerprint density at radius 2 is 1.03 bits per heavy atom. The van der Waals surface area contributed by atoms with Crippen molar-refractivity contribution in [3.05, 3.63) is 24.3 Å². The minimum Gasteiger partial charge on any atom is -0.491 e. The van der Waals surface area contributed by atoms with Gasteiger partial charge in [-0.15, -0.1) is 0 Å². The van der Waals surface area contributed by atoms with Crippen molar-refractivity contribution in [3.8, 4) is 5.75 Å². The molecule has 0 radical (unpaired) electrons. The summed E-state index contributed by atoms with van der Waals surface area (Å²) in [5, 5.41) is 2.71. The smallest absolute Gasteiger partial charge is 0.221 e. The highest BCUT2D eigenvalue weighted by molar-refractivity contribution is 5.88. The summed E-state index contributed by atoms with van der Waals surface area (Å²) in [6.45, 7) is 13.9. The normalized spacial score (nSPS) is 12.0. The fourth-order valence-corrected chi connectivity index (χ4v) is 2.78. The van der Waals surface area contributed by atoms with Crippen LogP contribution in [0.3, 0.4) is 0 Å². The Balaban J connectivity index is 1.72. The van der Waals surface area contributed by atoms with Crippen LogP contribution in [0.2, 0.25) is 0 Å². The highest BCUT2D eigenvalue weighted by atomic mass is 16.6. The topological polar surface area (TPSA) is 103 Å². The van der Waals surface area contributed by atoms with Gasteiger partial charge in [0.2, 0.25) is 5.91 Å². The summed E-state index contributed by atoms with van der Waals surface area (Å²) in [6, 6.07) is 7.19. The maximum atomic E-state index is 11.0. The van der Waals surface area contributed by atoms with E-state index in [0.29, 0.717) is 98.4 Å². The second-order valence-electron chi connectivity index (χ2n) is 8.32. The molecule has 0 heterocycles. The molecule has 10 nitrogen and oxygen atoms in total. The number of hydrogen-bond acceptors (Lipinski definition) is 9. The van der Waals surface area contributed by atoms with Crippen LogP contribution in [0, 0.1) is 5.92 Å². The van der Waals surface area contributed by atoms with Gasteiger partial charge in [-0.2, -0.15) is 0 Å². The van der Waals surface area contributed by atoms with E-state index in [2.05, 4.69) is 19.2 Å². The summed E-state index contributed by atoms with van der Waals surface area (Å²) < 4.78 is 43.9. The first-order valence-corrected chi connectivity index (χ1v) is 13.2. The molecule has 1 rings (SSSR count). The van der Waals surface area contributed by atoms with Crippen LogP contribution in [0.5, 0.6) is 5.75 Å². The standard InChI is InChI=1S/C27H47NO9/c1-4-24(2)23-36-20-19-34-16-15-32-12-11-30-9-10-31-13-14-33-17-18-35-21-22-37-27-7-5-26(6-8-27)28-25(3)29/h5-8,24H,4,9-23H2,1-3H3,(H,28,29). The molecule has 1 unspecified atom stereocenters. The Bertz CT molecular complexity index is 645. The van der Waals surface area contributed by atoms with Crippen LogP contribution >= 0.6 is 0 Å². The monoisotopic (exact) mass is 529 g/mol. The summed E-state index contributed by atoms with van der Waals surface area (Å²) in [6.07, 6.45) is 1.13. The zero-order valence-electron chi connectivity index (χ0n) is 22.9. The molecule has 1 aromatic carbocycles. The molecule has 0 bridgehead atoms. The molecule has 0 aromatic heterocycles. The Morgan fingerprint density at radius 3 is 1.41 bits per heavy atom. The van der Waals surface area contributed by atoms with E-state index >= 15 is 0 Å². The van der Waals surface area contributed by atoms with Crippen molar-refractivity contribution in [1.82, 2.24) is 0 Å². The molecule has 0 spiro atoms. The van der Waals surface area contributed by atoms with E-state index in [1.807, 2.05) is 0 Å². The van der Waals surface area contributed by atoms with Crippen molar-refractivity contribution >= 4 is 11.6 Å². The third kappa shape index (κ3) is 22.0. The molecular formula is C27H47NO9. The summed E-state index contributed by atoms with van der Waals surface area (Å²) in [5.74, 6) is 1.22. The second kappa shape index (κ2) is 24.5. The fourth-order valence-electron chi connectivity index (χ4n) is 2.78. The molecular weight excluding hydrogens is 482 g/mol. The average Bonchev–Trinajstić information content (AvgIpc) is 2.89. The Labute approximate surface area is 222 Å². The predicted molar refractivity (Wildman–Crippen MR) is 141 cm³/mol. The first-order valence-electron chi connectivity index (χ1n) is 13.2. The van der Waals surface area contributed by atoms with Gasteiger partial charge < -0.3 is 43.2 Å². The Morgan fingerprint density at radius 1 is 0.649 bits per heavy atom. The summed E-state index contributed by atoms with van der Waals surface area (Å²) in [4.78, 5) is 11.0. The van der Waals surface area contributed by atoms with Crippen molar-refractivity contribution in [2.45, 2.75) is 27.2 Å². The Hall–Kier alpha value is -1.79. The van der Waals surface area contributed by atoms with E-state index in [1.165, 1.54) is 6.92 Å². The van der Waals surface area contributed by atoms with Crippen LogP contribution in [0.25, 0.3) is 0 Å². The number of ether oxygens (including phenoxy) is 8. The SMILES string of the molecule is CCC(C)COCCOCCOCCOCCOCCOCCOCCOc1ccc(NC(C)=O)cc1. The quantitative estimate of drug-likeness (QED) is 0.181. The van der Waals surface area contributed by atoms with Crippen LogP contribution in [0.1, 0.15) is 27.2 Å². The molecule has 1 amide bonds. The molecule has 0 saturated heterocycles. The van der Waals surface area contributed by atoms with Crippen LogP contribution in [-0.2, 0) is 38.0 Å². The summed E-state index contributed by atoms with van der Waals surface area (Å²) >= 11 is 0. The molecule has 1 N–H and O–H groups in total. The molecule has 0 aliphatic rings. The van der Waals surface area contributed by atoms with Gasteiger partial charge in [-0.3, -0.25) is 4.79 Å². The number of anilines is 1. The maximum absolute atomic E-state index is 11.0. The first-order chi connectivity index (χ1) is 18.1.